The molecule has 0 aromatic carbocycles. The van der Waals surface area contributed by atoms with Crippen molar-refractivity contribution in [1.29, 1.82) is 0 Å². The van der Waals surface area contributed by atoms with E-state index in [0.29, 0.717) is 5.41 Å². The van der Waals surface area contributed by atoms with Crippen molar-refractivity contribution in [3.05, 3.63) is 0 Å². The number of hydrogen-bond acceptors (Lipinski definition) is 1. The third kappa shape index (κ3) is 3.24. The summed E-state index contributed by atoms with van der Waals surface area (Å²) in [6.07, 6.45) is 1.27. The lowest BCUT2D eigenvalue weighted by molar-refractivity contribution is 0.146. The Morgan fingerprint density at radius 1 is 1.27 bits per heavy atom. The summed E-state index contributed by atoms with van der Waals surface area (Å²) >= 11 is 0. The van der Waals surface area contributed by atoms with Gasteiger partial charge in [-0.15, -0.1) is 0 Å². The largest absolute Gasteiger partial charge is 0.309 e. The Morgan fingerprint density at radius 3 is 1.82 bits per heavy atom. The highest BCUT2D eigenvalue weighted by Gasteiger charge is 2.26. The van der Waals surface area contributed by atoms with Crippen LogP contribution >= 0.6 is 0 Å². The molecule has 1 nitrogen and oxygen atoms in total. The zero-order valence-electron chi connectivity index (χ0n) is 8.94. The molecule has 0 spiro atoms. The Morgan fingerprint density at radius 2 is 1.73 bits per heavy atom. The summed E-state index contributed by atoms with van der Waals surface area (Å²) in [6, 6.07) is 0. The summed E-state index contributed by atoms with van der Waals surface area (Å²) in [5, 5.41) is 0. The highest BCUT2D eigenvalue weighted by atomic mass is 15.1. The molecule has 0 bridgehead atoms. The van der Waals surface area contributed by atoms with E-state index in [1.54, 1.807) is 0 Å². The molecule has 1 atom stereocenters. The minimum absolute atomic E-state index is 0.490. The van der Waals surface area contributed by atoms with Gasteiger partial charge in [0.15, 0.2) is 0 Å². The summed E-state index contributed by atoms with van der Waals surface area (Å²) in [6.45, 7) is 10.5. The van der Waals surface area contributed by atoms with Crippen LogP contribution in [0.1, 0.15) is 34.1 Å². The van der Waals surface area contributed by atoms with Gasteiger partial charge in [-0.1, -0.05) is 27.7 Å². The lowest BCUT2D eigenvalue weighted by Gasteiger charge is -2.35. The lowest BCUT2D eigenvalue weighted by Crippen LogP contribution is -2.34. The molecule has 0 radical (unpaired) electrons. The van der Waals surface area contributed by atoms with Gasteiger partial charge in [-0.2, -0.15) is 0 Å². The summed E-state index contributed by atoms with van der Waals surface area (Å²) in [4.78, 5) is 2.28. The molecule has 0 N–H and O–H groups in total. The zero-order chi connectivity index (χ0) is 9.07. The van der Waals surface area contributed by atoms with Crippen LogP contribution in [0.25, 0.3) is 0 Å². The second-order valence-corrected chi connectivity index (χ2v) is 4.40. The minimum Gasteiger partial charge on any atom is -0.309 e. The molecule has 0 aromatic heterocycles. The van der Waals surface area contributed by atoms with Gasteiger partial charge in [0.1, 0.15) is 0 Å². The molecule has 0 aliphatic carbocycles. The third-order valence-electron chi connectivity index (χ3n) is 2.88. The van der Waals surface area contributed by atoms with Crippen LogP contribution in [-0.2, 0) is 0 Å². The molecule has 0 aromatic rings. The van der Waals surface area contributed by atoms with Gasteiger partial charge >= 0.3 is 0 Å². The quantitative estimate of drug-likeness (QED) is 0.606. The van der Waals surface area contributed by atoms with Gasteiger partial charge in [0, 0.05) is 6.54 Å². The van der Waals surface area contributed by atoms with Crippen LogP contribution in [0.4, 0.5) is 0 Å². The molecule has 0 aliphatic heterocycles. The molecule has 1 unspecified atom stereocenters. The third-order valence-corrected chi connectivity index (χ3v) is 2.88. The van der Waals surface area contributed by atoms with Crippen molar-refractivity contribution in [1.82, 2.24) is 4.90 Å². The number of nitrogens with zero attached hydrogens (tertiary/aromatic N) is 1. The molecule has 0 heterocycles. The number of hydrogen-bond donors (Lipinski definition) is 0. The maximum Gasteiger partial charge on any atom is 0.00316 e. The van der Waals surface area contributed by atoms with E-state index in [1.165, 1.54) is 13.0 Å². The van der Waals surface area contributed by atoms with Gasteiger partial charge in [0.2, 0.25) is 0 Å². The molecular weight excluding hydrogens is 134 g/mol. The summed E-state index contributed by atoms with van der Waals surface area (Å²) in [5.41, 5.74) is 0.490. The first-order valence-electron chi connectivity index (χ1n) is 4.57. The van der Waals surface area contributed by atoms with Crippen molar-refractivity contribution in [2.24, 2.45) is 11.3 Å². The molecule has 0 amide bonds. The van der Waals surface area contributed by atoms with Crippen molar-refractivity contribution in [3.8, 4) is 0 Å². The predicted molar refractivity (Wildman–Crippen MR) is 51.8 cm³/mol. The standard InChI is InChI=1S/C10H23N/c1-7-10(4,9(2)3)8-11(5)6/h9H,7-8H2,1-6H3. The molecule has 0 aliphatic rings. The fourth-order valence-corrected chi connectivity index (χ4v) is 1.43. The monoisotopic (exact) mass is 157 g/mol. The first-order valence-corrected chi connectivity index (χ1v) is 4.57. The fraction of sp³-hybridized carbons (Fsp3) is 1.00. The van der Waals surface area contributed by atoms with Crippen LogP contribution in [0.15, 0.2) is 0 Å². The SMILES string of the molecule is CCC(C)(CN(C)C)C(C)C. The smallest absolute Gasteiger partial charge is 0.00316 e. The van der Waals surface area contributed by atoms with Crippen molar-refractivity contribution >= 4 is 0 Å². The highest BCUT2D eigenvalue weighted by Crippen LogP contribution is 2.30. The summed E-state index contributed by atoms with van der Waals surface area (Å²) < 4.78 is 0. The molecule has 0 rings (SSSR count). The molecule has 68 valence electrons. The van der Waals surface area contributed by atoms with Gasteiger partial charge < -0.3 is 4.90 Å². The first kappa shape index (κ1) is 11.0. The molecule has 0 saturated carbocycles. The molecule has 11 heavy (non-hydrogen) atoms. The van der Waals surface area contributed by atoms with Gasteiger partial charge in [-0.05, 0) is 31.8 Å². The molecule has 0 fully saturated rings. The van der Waals surface area contributed by atoms with Crippen LogP contribution in [0.3, 0.4) is 0 Å². The Kier molecular flexibility index (Phi) is 4.09. The maximum absolute atomic E-state index is 2.37. The van der Waals surface area contributed by atoms with E-state index in [2.05, 4.69) is 46.7 Å². The van der Waals surface area contributed by atoms with Crippen molar-refractivity contribution < 1.29 is 0 Å². The van der Waals surface area contributed by atoms with Crippen molar-refractivity contribution in [3.63, 3.8) is 0 Å². The summed E-state index contributed by atoms with van der Waals surface area (Å²) in [5.74, 6) is 0.773. The van der Waals surface area contributed by atoms with E-state index in [-0.39, 0.29) is 0 Å². The Labute approximate surface area is 71.8 Å². The average Bonchev–Trinajstić information content (AvgIpc) is 1.86. The van der Waals surface area contributed by atoms with Gasteiger partial charge in [0.05, 0.1) is 0 Å². The van der Waals surface area contributed by atoms with Crippen molar-refractivity contribution in [2.45, 2.75) is 34.1 Å². The lowest BCUT2D eigenvalue weighted by atomic mass is 9.76. The van der Waals surface area contributed by atoms with Crippen LogP contribution in [0, 0.1) is 11.3 Å². The predicted octanol–water partition coefficient (Wildman–Crippen LogP) is 2.62. The normalized spacial score (nSPS) is 17.5. The van der Waals surface area contributed by atoms with Crippen molar-refractivity contribution in [2.75, 3.05) is 20.6 Å². The maximum atomic E-state index is 2.37. The summed E-state index contributed by atoms with van der Waals surface area (Å²) in [7, 11) is 4.30. The van der Waals surface area contributed by atoms with E-state index in [1.807, 2.05) is 0 Å². The van der Waals surface area contributed by atoms with Crippen LogP contribution in [-0.4, -0.2) is 25.5 Å². The van der Waals surface area contributed by atoms with Crippen LogP contribution < -0.4 is 0 Å². The van der Waals surface area contributed by atoms with E-state index < -0.39 is 0 Å². The van der Waals surface area contributed by atoms with Gasteiger partial charge in [-0.25, -0.2) is 0 Å². The fourth-order valence-electron chi connectivity index (χ4n) is 1.43. The Bertz CT molecular complexity index is 107. The van der Waals surface area contributed by atoms with E-state index >= 15 is 0 Å². The Balaban J connectivity index is 4.10. The molecular formula is C10H23N. The van der Waals surface area contributed by atoms with E-state index in [9.17, 15) is 0 Å². The first-order chi connectivity index (χ1) is 4.92. The van der Waals surface area contributed by atoms with Gasteiger partial charge in [0.25, 0.3) is 0 Å². The average molecular weight is 157 g/mol. The highest BCUT2D eigenvalue weighted by molar-refractivity contribution is 4.78. The minimum atomic E-state index is 0.490. The van der Waals surface area contributed by atoms with E-state index in [0.717, 1.165) is 5.92 Å². The molecule has 1 heteroatoms. The van der Waals surface area contributed by atoms with Crippen LogP contribution in [0.2, 0.25) is 0 Å². The number of rotatable bonds is 4. The second kappa shape index (κ2) is 4.10. The topological polar surface area (TPSA) is 3.24 Å². The van der Waals surface area contributed by atoms with E-state index in [4.69, 9.17) is 0 Å². The second-order valence-electron chi connectivity index (χ2n) is 4.40. The molecule has 0 saturated heterocycles. The van der Waals surface area contributed by atoms with Crippen LogP contribution in [0.5, 0.6) is 0 Å². The van der Waals surface area contributed by atoms with Gasteiger partial charge in [-0.3, -0.25) is 0 Å². The zero-order valence-corrected chi connectivity index (χ0v) is 8.94. The Hall–Kier alpha value is -0.0400.